The molecule has 0 saturated carbocycles. The van der Waals surface area contributed by atoms with E-state index in [1.54, 1.807) is 12.1 Å². The molecule has 0 aliphatic heterocycles. The molecule has 1 aromatic rings. The van der Waals surface area contributed by atoms with Crippen molar-refractivity contribution in [1.82, 2.24) is 0 Å². The SMILES string of the molecule is NCC(CC(=O)O)c1ccc(Cl)cc1.[PbH2]. The fourth-order valence-electron chi connectivity index (χ4n) is 1.28. The van der Waals surface area contributed by atoms with E-state index in [0.29, 0.717) is 11.6 Å². The van der Waals surface area contributed by atoms with Gasteiger partial charge in [-0.2, -0.15) is 0 Å². The van der Waals surface area contributed by atoms with Gasteiger partial charge in [-0.3, -0.25) is 4.79 Å². The van der Waals surface area contributed by atoms with E-state index in [2.05, 4.69) is 0 Å². The maximum absolute atomic E-state index is 10.5. The first-order valence-electron chi connectivity index (χ1n) is 4.31. The van der Waals surface area contributed by atoms with Gasteiger partial charge in [-0.15, -0.1) is 0 Å². The second-order valence-electron chi connectivity index (χ2n) is 3.08. The van der Waals surface area contributed by atoms with Crippen molar-refractivity contribution in [1.29, 1.82) is 0 Å². The van der Waals surface area contributed by atoms with Crippen molar-refractivity contribution in [3.05, 3.63) is 34.9 Å². The number of nitrogens with two attached hydrogens (primary N) is 1. The molecule has 0 spiro atoms. The number of carbonyl (C=O) groups is 1. The van der Waals surface area contributed by atoms with Gasteiger partial charge in [-0.05, 0) is 24.2 Å². The molecule has 0 aliphatic rings. The van der Waals surface area contributed by atoms with Gasteiger partial charge in [0.25, 0.3) is 0 Å². The van der Waals surface area contributed by atoms with Crippen LogP contribution in [0.25, 0.3) is 0 Å². The summed E-state index contributed by atoms with van der Waals surface area (Å²) in [7, 11) is 0. The molecule has 3 N–H and O–H groups in total. The van der Waals surface area contributed by atoms with Crippen LogP contribution in [-0.2, 0) is 4.79 Å². The standard InChI is InChI=1S/C10H12ClNO2.Pb.2H/c11-9-3-1-7(2-4-9)8(6-12)5-10(13)14;;;/h1-4,8H,5-6,12H2,(H,13,14);;;. The molecule has 0 heterocycles. The summed E-state index contributed by atoms with van der Waals surface area (Å²) in [6, 6.07) is 7.09. The van der Waals surface area contributed by atoms with Crippen LogP contribution in [0.1, 0.15) is 17.9 Å². The van der Waals surface area contributed by atoms with Crippen molar-refractivity contribution in [3.63, 3.8) is 0 Å². The normalized spacial score (nSPS) is 11.6. The Morgan fingerprint density at radius 1 is 1.40 bits per heavy atom. The molecule has 0 aliphatic carbocycles. The predicted octanol–water partition coefficient (Wildman–Crippen LogP) is 0.941. The van der Waals surface area contributed by atoms with Crippen molar-refractivity contribution >= 4 is 44.9 Å². The molecule has 1 aromatic carbocycles. The number of benzene rings is 1. The number of halogens is 1. The average molecular weight is 423 g/mol. The van der Waals surface area contributed by atoms with Gasteiger partial charge in [0.15, 0.2) is 0 Å². The number of hydrogen-bond donors (Lipinski definition) is 2. The minimum atomic E-state index is -0.838. The monoisotopic (exact) mass is 423 g/mol. The van der Waals surface area contributed by atoms with E-state index in [1.165, 1.54) is 0 Å². The number of hydrogen-bond acceptors (Lipinski definition) is 2. The van der Waals surface area contributed by atoms with Crippen molar-refractivity contribution in [2.24, 2.45) is 5.73 Å². The zero-order valence-electron chi connectivity index (χ0n) is 8.32. The second-order valence-corrected chi connectivity index (χ2v) is 3.52. The van der Waals surface area contributed by atoms with Crippen LogP contribution < -0.4 is 5.73 Å². The quantitative estimate of drug-likeness (QED) is 0.710. The molecule has 0 saturated heterocycles. The molecule has 1 rings (SSSR count). The van der Waals surface area contributed by atoms with Crippen LogP contribution in [0.5, 0.6) is 0 Å². The molecule has 5 heteroatoms. The zero-order valence-corrected chi connectivity index (χ0v) is 14.6. The molecule has 3 nitrogen and oxygen atoms in total. The summed E-state index contributed by atoms with van der Waals surface area (Å²) >= 11 is 5.72. The Morgan fingerprint density at radius 3 is 2.33 bits per heavy atom. The Labute approximate surface area is 114 Å². The fraction of sp³-hybridized carbons (Fsp3) is 0.300. The third kappa shape index (κ3) is 4.94. The Bertz CT molecular complexity index is 316. The number of aliphatic carboxylic acids is 1. The minimum absolute atomic E-state index is 0. The van der Waals surface area contributed by atoms with Crippen molar-refractivity contribution in [2.45, 2.75) is 12.3 Å². The number of carboxylic acid groups (broad SMARTS) is 1. The van der Waals surface area contributed by atoms with E-state index in [0.717, 1.165) is 5.56 Å². The van der Waals surface area contributed by atoms with E-state index < -0.39 is 5.97 Å². The van der Waals surface area contributed by atoms with Crippen LogP contribution in [0.4, 0.5) is 0 Å². The molecule has 82 valence electrons. The van der Waals surface area contributed by atoms with Crippen LogP contribution >= 0.6 is 11.6 Å². The molecular formula is C10H14ClNO2Pb. The van der Waals surface area contributed by atoms with E-state index in [9.17, 15) is 4.79 Å². The maximum atomic E-state index is 10.5. The van der Waals surface area contributed by atoms with E-state index >= 15 is 0 Å². The Balaban J connectivity index is 0.00000196. The Hall–Kier alpha value is -0.138. The third-order valence-corrected chi connectivity index (χ3v) is 2.30. The van der Waals surface area contributed by atoms with Crippen molar-refractivity contribution < 1.29 is 9.90 Å². The van der Waals surface area contributed by atoms with Crippen molar-refractivity contribution in [3.8, 4) is 0 Å². The first-order valence-corrected chi connectivity index (χ1v) is 4.68. The summed E-state index contributed by atoms with van der Waals surface area (Å²) < 4.78 is 0. The van der Waals surface area contributed by atoms with Gasteiger partial charge in [0, 0.05) is 10.9 Å². The molecule has 1 atom stereocenters. The first-order chi connectivity index (χ1) is 6.63. The van der Waals surface area contributed by atoms with Gasteiger partial charge in [0.05, 0.1) is 6.42 Å². The van der Waals surface area contributed by atoms with E-state index in [4.69, 9.17) is 22.4 Å². The van der Waals surface area contributed by atoms with E-state index in [1.807, 2.05) is 12.1 Å². The zero-order chi connectivity index (χ0) is 10.6. The van der Waals surface area contributed by atoms with Gasteiger partial charge in [-0.1, -0.05) is 23.7 Å². The summed E-state index contributed by atoms with van der Waals surface area (Å²) in [6.07, 6.45) is 0.0537. The molecule has 0 bridgehead atoms. The molecule has 0 amide bonds. The third-order valence-electron chi connectivity index (χ3n) is 2.05. The molecule has 1 unspecified atom stereocenters. The van der Waals surface area contributed by atoms with Crippen LogP contribution in [0, 0.1) is 0 Å². The van der Waals surface area contributed by atoms with Crippen molar-refractivity contribution in [2.75, 3.05) is 6.54 Å². The van der Waals surface area contributed by atoms with Crippen LogP contribution in [-0.4, -0.2) is 44.9 Å². The predicted molar refractivity (Wildman–Crippen MR) is 64.0 cm³/mol. The van der Waals surface area contributed by atoms with Crippen LogP contribution in [0.3, 0.4) is 0 Å². The fourth-order valence-corrected chi connectivity index (χ4v) is 1.41. The topological polar surface area (TPSA) is 63.3 Å². The van der Waals surface area contributed by atoms with Gasteiger partial charge >= 0.3 is 33.3 Å². The summed E-state index contributed by atoms with van der Waals surface area (Å²) in [6.45, 7) is 0.327. The second kappa shape index (κ2) is 7.19. The summed E-state index contributed by atoms with van der Waals surface area (Å²) in [5.74, 6) is -0.972. The molecule has 2 radical (unpaired) electrons. The Morgan fingerprint density at radius 2 is 1.93 bits per heavy atom. The van der Waals surface area contributed by atoms with E-state index in [-0.39, 0.29) is 39.6 Å². The number of carboxylic acids is 1. The van der Waals surface area contributed by atoms with Gasteiger partial charge in [0.1, 0.15) is 0 Å². The van der Waals surface area contributed by atoms with Gasteiger partial charge in [-0.25, -0.2) is 0 Å². The number of rotatable bonds is 4. The van der Waals surface area contributed by atoms with Crippen LogP contribution in [0.2, 0.25) is 5.02 Å². The molecule has 0 aromatic heterocycles. The first kappa shape index (κ1) is 14.9. The van der Waals surface area contributed by atoms with Gasteiger partial charge < -0.3 is 10.8 Å². The summed E-state index contributed by atoms with van der Waals surface area (Å²) in [5, 5.41) is 9.29. The molecular weight excluding hydrogens is 409 g/mol. The summed E-state index contributed by atoms with van der Waals surface area (Å²) in [5.41, 5.74) is 6.41. The summed E-state index contributed by atoms with van der Waals surface area (Å²) in [4.78, 5) is 10.5. The Kier molecular flexibility index (Phi) is 7.12. The van der Waals surface area contributed by atoms with Gasteiger partial charge in [0.2, 0.25) is 0 Å². The van der Waals surface area contributed by atoms with Crippen LogP contribution in [0.15, 0.2) is 24.3 Å². The molecule has 0 fully saturated rings. The molecule has 15 heavy (non-hydrogen) atoms. The average Bonchev–Trinajstić information content (AvgIpc) is 2.15.